The first-order valence-corrected chi connectivity index (χ1v) is 5.55. The molecule has 2 heterocycles. The third-order valence-electron chi connectivity index (χ3n) is 2.62. The molecule has 0 spiro atoms. The van der Waals surface area contributed by atoms with E-state index in [9.17, 15) is 9.59 Å². The summed E-state index contributed by atoms with van der Waals surface area (Å²) in [6.07, 6.45) is 1.29. The van der Waals surface area contributed by atoms with Crippen molar-refractivity contribution in [1.29, 1.82) is 0 Å². The van der Waals surface area contributed by atoms with Gasteiger partial charge < -0.3 is 5.73 Å². The standard InChI is InChI=1S/C10H12ClN5O2/c1-5-8(11)7(15(2)14-5)4-16-3-6(12)9(17)13-10(16)18/h3H,4,12H2,1-2H3,(H,13,17,18). The Kier molecular flexibility index (Phi) is 3.00. The van der Waals surface area contributed by atoms with Gasteiger partial charge in [-0.3, -0.25) is 19.0 Å². The second kappa shape index (κ2) is 4.34. The Morgan fingerprint density at radius 2 is 2.17 bits per heavy atom. The van der Waals surface area contributed by atoms with Crippen molar-refractivity contribution in [2.75, 3.05) is 5.73 Å². The predicted octanol–water partition coefficient (Wildman–Crippen LogP) is -0.138. The molecule has 0 fully saturated rings. The minimum absolute atomic E-state index is 0.0235. The fourth-order valence-corrected chi connectivity index (χ4v) is 1.88. The quantitative estimate of drug-likeness (QED) is 0.793. The SMILES string of the molecule is Cc1nn(C)c(Cn2cc(N)c(=O)[nH]c2=O)c1Cl. The highest BCUT2D eigenvalue weighted by Crippen LogP contribution is 2.19. The predicted molar refractivity (Wildman–Crippen MR) is 67.8 cm³/mol. The zero-order valence-electron chi connectivity index (χ0n) is 9.90. The number of aryl methyl sites for hydroxylation is 2. The van der Waals surface area contributed by atoms with Crippen LogP contribution in [0.5, 0.6) is 0 Å². The van der Waals surface area contributed by atoms with E-state index in [-0.39, 0.29) is 12.2 Å². The van der Waals surface area contributed by atoms with E-state index in [1.54, 1.807) is 18.7 Å². The summed E-state index contributed by atoms with van der Waals surface area (Å²) in [5.41, 5.74) is 5.66. The number of anilines is 1. The summed E-state index contributed by atoms with van der Waals surface area (Å²) in [5.74, 6) is 0. The molecule has 0 aliphatic rings. The van der Waals surface area contributed by atoms with Crippen LogP contribution in [0.15, 0.2) is 15.8 Å². The number of aromatic nitrogens is 4. The summed E-state index contributed by atoms with van der Waals surface area (Å²) in [7, 11) is 1.73. The topological polar surface area (TPSA) is 98.7 Å². The van der Waals surface area contributed by atoms with Crippen LogP contribution in [0.2, 0.25) is 5.02 Å². The van der Waals surface area contributed by atoms with Crippen LogP contribution >= 0.6 is 11.6 Å². The minimum Gasteiger partial charge on any atom is -0.393 e. The third kappa shape index (κ3) is 2.04. The Labute approximate surface area is 107 Å². The summed E-state index contributed by atoms with van der Waals surface area (Å²) in [4.78, 5) is 24.9. The zero-order chi connectivity index (χ0) is 13.4. The van der Waals surface area contributed by atoms with E-state index in [4.69, 9.17) is 17.3 Å². The second-order valence-electron chi connectivity index (χ2n) is 3.94. The van der Waals surface area contributed by atoms with Gasteiger partial charge in [0.2, 0.25) is 0 Å². The lowest BCUT2D eigenvalue weighted by Gasteiger charge is -2.06. The molecule has 0 saturated heterocycles. The van der Waals surface area contributed by atoms with Crippen LogP contribution in [-0.2, 0) is 13.6 Å². The van der Waals surface area contributed by atoms with Crippen LogP contribution in [0.1, 0.15) is 11.4 Å². The number of nitrogen functional groups attached to an aromatic ring is 1. The molecule has 0 amide bonds. The van der Waals surface area contributed by atoms with Gasteiger partial charge in [-0.05, 0) is 6.92 Å². The highest BCUT2D eigenvalue weighted by molar-refractivity contribution is 6.31. The largest absolute Gasteiger partial charge is 0.393 e. The fraction of sp³-hybridized carbons (Fsp3) is 0.300. The zero-order valence-corrected chi connectivity index (χ0v) is 10.7. The number of hydrogen-bond donors (Lipinski definition) is 2. The maximum atomic E-state index is 11.6. The van der Waals surface area contributed by atoms with Crippen molar-refractivity contribution in [3.05, 3.63) is 43.4 Å². The number of halogens is 1. The van der Waals surface area contributed by atoms with Gasteiger partial charge in [-0.2, -0.15) is 5.10 Å². The lowest BCUT2D eigenvalue weighted by atomic mass is 10.3. The number of hydrogen-bond acceptors (Lipinski definition) is 4. The molecule has 3 N–H and O–H groups in total. The van der Waals surface area contributed by atoms with Gasteiger partial charge in [0.1, 0.15) is 5.69 Å². The van der Waals surface area contributed by atoms with E-state index < -0.39 is 11.2 Å². The Morgan fingerprint density at radius 3 is 2.72 bits per heavy atom. The molecule has 0 unspecified atom stereocenters. The molecule has 0 atom stereocenters. The van der Waals surface area contributed by atoms with Crippen molar-refractivity contribution in [3.8, 4) is 0 Å². The van der Waals surface area contributed by atoms with Crippen molar-refractivity contribution in [2.24, 2.45) is 7.05 Å². The molecule has 2 rings (SSSR count). The average Bonchev–Trinajstić information content (AvgIpc) is 2.52. The molecule has 0 aliphatic carbocycles. The van der Waals surface area contributed by atoms with Crippen molar-refractivity contribution < 1.29 is 0 Å². The van der Waals surface area contributed by atoms with Gasteiger partial charge >= 0.3 is 5.69 Å². The molecule has 7 nitrogen and oxygen atoms in total. The van der Waals surface area contributed by atoms with Crippen molar-refractivity contribution >= 4 is 17.3 Å². The average molecular weight is 270 g/mol. The number of H-pyrrole nitrogens is 1. The molecule has 2 aromatic rings. The molecule has 0 bridgehead atoms. The summed E-state index contributed by atoms with van der Waals surface area (Å²) >= 11 is 6.09. The number of nitrogens with zero attached hydrogens (tertiary/aromatic N) is 3. The van der Waals surface area contributed by atoms with Crippen LogP contribution in [0.3, 0.4) is 0 Å². The molecule has 0 aromatic carbocycles. The van der Waals surface area contributed by atoms with E-state index in [1.165, 1.54) is 10.8 Å². The van der Waals surface area contributed by atoms with E-state index in [1.807, 2.05) is 0 Å². The van der Waals surface area contributed by atoms with Crippen molar-refractivity contribution in [3.63, 3.8) is 0 Å². The molecule has 8 heteroatoms. The number of aromatic amines is 1. The van der Waals surface area contributed by atoms with Gasteiger partial charge in [0.15, 0.2) is 0 Å². The Balaban J connectivity index is 2.50. The first kappa shape index (κ1) is 12.4. The first-order valence-electron chi connectivity index (χ1n) is 5.17. The highest BCUT2D eigenvalue weighted by atomic mass is 35.5. The van der Waals surface area contributed by atoms with Gasteiger partial charge in [0, 0.05) is 13.2 Å². The lowest BCUT2D eigenvalue weighted by molar-refractivity contribution is 0.639. The number of nitrogens with one attached hydrogen (secondary N) is 1. The Bertz CT molecular complexity index is 712. The van der Waals surface area contributed by atoms with Crippen LogP contribution in [0, 0.1) is 6.92 Å². The maximum absolute atomic E-state index is 11.6. The van der Waals surface area contributed by atoms with Crippen molar-refractivity contribution in [2.45, 2.75) is 13.5 Å². The molecular formula is C10H12ClN5O2. The van der Waals surface area contributed by atoms with E-state index in [0.717, 1.165) is 0 Å². The monoisotopic (exact) mass is 269 g/mol. The summed E-state index contributed by atoms with van der Waals surface area (Å²) in [6, 6.07) is 0. The van der Waals surface area contributed by atoms with Gasteiger partial charge in [-0.15, -0.1) is 0 Å². The Morgan fingerprint density at radius 1 is 1.50 bits per heavy atom. The van der Waals surface area contributed by atoms with E-state index in [0.29, 0.717) is 16.4 Å². The molecule has 0 radical (unpaired) electrons. The number of rotatable bonds is 2. The molecule has 0 saturated carbocycles. The molecule has 0 aliphatic heterocycles. The van der Waals surface area contributed by atoms with E-state index in [2.05, 4.69) is 10.1 Å². The molecule has 18 heavy (non-hydrogen) atoms. The lowest BCUT2D eigenvalue weighted by Crippen LogP contribution is -2.31. The summed E-state index contributed by atoms with van der Waals surface area (Å²) in [5, 5.41) is 4.64. The van der Waals surface area contributed by atoms with Gasteiger partial charge in [-0.25, -0.2) is 4.79 Å². The van der Waals surface area contributed by atoms with Crippen LogP contribution in [-0.4, -0.2) is 19.3 Å². The second-order valence-corrected chi connectivity index (χ2v) is 4.32. The van der Waals surface area contributed by atoms with Crippen LogP contribution < -0.4 is 17.0 Å². The first-order chi connectivity index (χ1) is 8.40. The molecule has 2 aromatic heterocycles. The third-order valence-corrected chi connectivity index (χ3v) is 3.11. The normalized spacial score (nSPS) is 10.8. The van der Waals surface area contributed by atoms with Crippen molar-refractivity contribution in [1.82, 2.24) is 19.3 Å². The minimum atomic E-state index is -0.594. The highest BCUT2D eigenvalue weighted by Gasteiger charge is 2.12. The summed E-state index contributed by atoms with van der Waals surface area (Å²) < 4.78 is 2.87. The number of nitrogens with two attached hydrogens (primary N) is 1. The van der Waals surface area contributed by atoms with Crippen LogP contribution in [0.4, 0.5) is 5.69 Å². The van der Waals surface area contributed by atoms with Crippen LogP contribution in [0.25, 0.3) is 0 Å². The maximum Gasteiger partial charge on any atom is 0.328 e. The smallest absolute Gasteiger partial charge is 0.328 e. The summed E-state index contributed by atoms with van der Waals surface area (Å²) in [6.45, 7) is 1.96. The Hall–Kier alpha value is -2.02. The van der Waals surface area contributed by atoms with E-state index >= 15 is 0 Å². The van der Waals surface area contributed by atoms with Gasteiger partial charge in [0.25, 0.3) is 5.56 Å². The molecule has 96 valence electrons. The molecular weight excluding hydrogens is 258 g/mol. The van der Waals surface area contributed by atoms with Gasteiger partial charge in [0.05, 0.1) is 23.0 Å². The fourth-order valence-electron chi connectivity index (χ4n) is 1.66. The van der Waals surface area contributed by atoms with Gasteiger partial charge in [-0.1, -0.05) is 11.6 Å².